The molecule has 0 aliphatic heterocycles. The van der Waals surface area contributed by atoms with E-state index in [1.165, 1.54) is 19.3 Å². The summed E-state index contributed by atoms with van der Waals surface area (Å²) in [7, 11) is 0. The van der Waals surface area contributed by atoms with E-state index in [0.717, 1.165) is 12.8 Å². The van der Waals surface area contributed by atoms with E-state index in [9.17, 15) is 4.79 Å². The molecule has 0 spiro atoms. The van der Waals surface area contributed by atoms with Crippen molar-refractivity contribution in [2.75, 3.05) is 6.61 Å². The summed E-state index contributed by atoms with van der Waals surface area (Å²) in [5.74, 6) is -0.0941. The zero-order chi connectivity index (χ0) is 11.1. The topological polar surface area (TPSA) is 50.1 Å². The molecule has 1 rings (SSSR count). The van der Waals surface area contributed by atoms with E-state index < -0.39 is 5.97 Å². The van der Waals surface area contributed by atoms with Crippen molar-refractivity contribution in [1.29, 1.82) is 5.26 Å². The van der Waals surface area contributed by atoms with E-state index in [0.29, 0.717) is 12.5 Å². The van der Waals surface area contributed by atoms with Crippen LogP contribution in [0.2, 0.25) is 0 Å². The van der Waals surface area contributed by atoms with Crippen molar-refractivity contribution in [1.82, 2.24) is 0 Å². The van der Waals surface area contributed by atoms with Crippen LogP contribution in [0, 0.1) is 17.2 Å². The van der Waals surface area contributed by atoms with Gasteiger partial charge < -0.3 is 4.74 Å². The van der Waals surface area contributed by atoms with Crippen LogP contribution in [0.3, 0.4) is 0 Å². The molecule has 1 saturated carbocycles. The van der Waals surface area contributed by atoms with Gasteiger partial charge in [-0.25, -0.2) is 4.79 Å². The normalized spacial score (nSPS) is 18.3. The Hall–Kier alpha value is -1.30. The molecule has 0 atom stereocenters. The van der Waals surface area contributed by atoms with Crippen LogP contribution in [0.5, 0.6) is 0 Å². The van der Waals surface area contributed by atoms with E-state index in [1.807, 2.05) is 6.07 Å². The first kappa shape index (κ1) is 11.8. The fourth-order valence-corrected chi connectivity index (χ4v) is 1.90. The summed E-state index contributed by atoms with van der Waals surface area (Å²) >= 11 is 0. The van der Waals surface area contributed by atoms with Gasteiger partial charge in [-0.15, -0.1) is 0 Å². The zero-order valence-corrected chi connectivity index (χ0v) is 9.16. The molecule has 0 unspecified atom stereocenters. The third kappa shape index (κ3) is 3.75. The molecule has 0 saturated heterocycles. The monoisotopic (exact) mass is 207 g/mol. The van der Waals surface area contributed by atoms with Crippen molar-refractivity contribution < 1.29 is 9.53 Å². The van der Waals surface area contributed by atoms with Crippen molar-refractivity contribution in [3.63, 3.8) is 0 Å². The lowest BCUT2D eigenvalue weighted by atomic mass is 9.88. The summed E-state index contributed by atoms with van der Waals surface area (Å²) in [5.41, 5.74) is 0.170. The molecule has 3 heteroatoms. The van der Waals surface area contributed by atoms with Crippen LogP contribution in [0.25, 0.3) is 0 Å². The van der Waals surface area contributed by atoms with Gasteiger partial charge in [-0.3, -0.25) is 0 Å². The van der Waals surface area contributed by atoms with Gasteiger partial charge in [-0.2, -0.15) is 5.26 Å². The first-order valence-electron chi connectivity index (χ1n) is 5.57. The van der Waals surface area contributed by atoms with Crippen LogP contribution >= 0.6 is 0 Å². The molecule has 1 aliphatic carbocycles. The van der Waals surface area contributed by atoms with E-state index in [4.69, 9.17) is 10.00 Å². The molecule has 0 aromatic heterocycles. The summed E-state index contributed by atoms with van der Waals surface area (Å²) in [6, 6.07) is 1.92. The molecule has 0 radical (unpaired) electrons. The summed E-state index contributed by atoms with van der Waals surface area (Å²) in [6.07, 6.45) is 7.63. The minimum Gasteiger partial charge on any atom is -0.462 e. The Bertz CT molecular complexity index is 282. The molecule has 0 bridgehead atoms. The molecular formula is C12H17NO2. The fraction of sp³-hybridized carbons (Fsp3) is 0.667. The lowest BCUT2D eigenvalue weighted by Crippen LogP contribution is -2.10. The maximum atomic E-state index is 11.3. The molecule has 0 aromatic carbocycles. The van der Waals surface area contributed by atoms with Crippen LogP contribution in [-0.4, -0.2) is 12.6 Å². The Morgan fingerprint density at radius 2 is 2.13 bits per heavy atom. The quantitative estimate of drug-likeness (QED) is 0.406. The molecule has 3 nitrogen and oxygen atoms in total. The van der Waals surface area contributed by atoms with Crippen LogP contribution in [0.15, 0.2) is 11.6 Å². The number of allylic oxidation sites excluding steroid dienone is 1. The first-order valence-corrected chi connectivity index (χ1v) is 5.57. The second-order valence-electron chi connectivity index (χ2n) is 3.81. The van der Waals surface area contributed by atoms with Gasteiger partial charge in [-0.05, 0) is 25.7 Å². The number of esters is 1. The highest BCUT2D eigenvalue weighted by Crippen LogP contribution is 2.25. The lowest BCUT2D eigenvalue weighted by molar-refractivity contribution is -0.138. The number of nitriles is 1. The van der Waals surface area contributed by atoms with Gasteiger partial charge in [0.1, 0.15) is 11.6 Å². The standard InChI is InChI=1S/C12H17NO2/c1-2-15-12(14)11(9-13)8-10-6-4-3-5-7-10/h8,10H,2-7H2,1H3/b11-8+. The average molecular weight is 207 g/mol. The number of ether oxygens (including phenoxy) is 1. The minimum absolute atomic E-state index is 0.170. The van der Waals surface area contributed by atoms with E-state index in [2.05, 4.69) is 0 Å². The number of hydrogen-bond acceptors (Lipinski definition) is 3. The van der Waals surface area contributed by atoms with E-state index >= 15 is 0 Å². The number of nitrogens with zero attached hydrogens (tertiary/aromatic N) is 1. The van der Waals surface area contributed by atoms with Crippen LogP contribution in [0.4, 0.5) is 0 Å². The molecule has 15 heavy (non-hydrogen) atoms. The Labute approximate surface area is 90.7 Å². The lowest BCUT2D eigenvalue weighted by Gasteiger charge is -2.18. The first-order chi connectivity index (χ1) is 7.27. The smallest absolute Gasteiger partial charge is 0.348 e. The van der Waals surface area contributed by atoms with Crippen molar-refractivity contribution in [2.24, 2.45) is 5.92 Å². The summed E-state index contributed by atoms with van der Waals surface area (Å²) < 4.78 is 4.81. The molecule has 0 N–H and O–H groups in total. The largest absolute Gasteiger partial charge is 0.462 e. The Balaban J connectivity index is 2.60. The molecule has 1 aliphatic rings. The molecule has 0 aromatic rings. The van der Waals surface area contributed by atoms with Crippen molar-refractivity contribution >= 4 is 5.97 Å². The SMILES string of the molecule is CCOC(=O)/C(C#N)=C/C1CCCCC1. The number of hydrogen-bond donors (Lipinski definition) is 0. The van der Waals surface area contributed by atoms with Gasteiger partial charge in [0.05, 0.1) is 6.61 Å². The van der Waals surface area contributed by atoms with Crippen molar-refractivity contribution in [3.8, 4) is 6.07 Å². The summed E-state index contributed by atoms with van der Waals surface area (Å²) in [4.78, 5) is 11.3. The van der Waals surface area contributed by atoms with Crippen LogP contribution in [-0.2, 0) is 9.53 Å². The zero-order valence-electron chi connectivity index (χ0n) is 9.16. The summed E-state index contributed by atoms with van der Waals surface area (Å²) in [6.45, 7) is 2.07. The Morgan fingerprint density at radius 1 is 1.47 bits per heavy atom. The Kier molecular flexibility index (Phi) is 4.89. The maximum Gasteiger partial charge on any atom is 0.348 e. The second kappa shape index (κ2) is 6.23. The third-order valence-electron chi connectivity index (χ3n) is 2.67. The van der Waals surface area contributed by atoms with E-state index in [1.54, 1.807) is 13.0 Å². The van der Waals surface area contributed by atoms with Crippen molar-refractivity contribution in [3.05, 3.63) is 11.6 Å². The molecular weight excluding hydrogens is 190 g/mol. The highest BCUT2D eigenvalue weighted by Gasteiger charge is 2.16. The highest BCUT2D eigenvalue weighted by atomic mass is 16.5. The number of carbonyl (C=O) groups is 1. The van der Waals surface area contributed by atoms with Gasteiger partial charge in [-0.1, -0.05) is 25.3 Å². The summed E-state index contributed by atoms with van der Waals surface area (Å²) in [5, 5.41) is 8.83. The van der Waals surface area contributed by atoms with Gasteiger partial charge >= 0.3 is 5.97 Å². The molecule has 0 amide bonds. The molecule has 1 fully saturated rings. The van der Waals surface area contributed by atoms with Crippen LogP contribution in [0.1, 0.15) is 39.0 Å². The fourth-order valence-electron chi connectivity index (χ4n) is 1.90. The van der Waals surface area contributed by atoms with E-state index in [-0.39, 0.29) is 5.57 Å². The Morgan fingerprint density at radius 3 is 2.67 bits per heavy atom. The maximum absolute atomic E-state index is 11.3. The molecule has 0 heterocycles. The average Bonchev–Trinajstić information content (AvgIpc) is 2.27. The minimum atomic E-state index is -0.481. The number of carbonyl (C=O) groups excluding carboxylic acids is 1. The molecule has 82 valence electrons. The number of rotatable bonds is 3. The predicted octanol–water partition coefficient (Wildman–Crippen LogP) is 2.58. The third-order valence-corrected chi connectivity index (χ3v) is 2.67. The van der Waals surface area contributed by atoms with Gasteiger partial charge in [0, 0.05) is 0 Å². The van der Waals surface area contributed by atoms with Crippen molar-refractivity contribution in [2.45, 2.75) is 39.0 Å². The highest BCUT2D eigenvalue weighted by molar-refractivity contribution is 5.92. The predicted molar refractivity (Wildman–Crippen MR) is 56.9 cm³/mol. The van der Waals surface area contributed by atoms with Gasteiger partial charge in [0.25, 0.3) is 0 Å². The van der Waals surface area contributed by atoms with Crippen LogP contribution < -0.4 is 0 Å². The van der Waals surface area contributed by atoms with Gasteiger partial charge in [0.15, 0.2) is 0 Å². The van der Waals surface area contributed by atoms with Gasteiger partial charge in [0.2, 0.25) is 0 Å². The second-order valence-corrected chi connectivity index (χ2v) is 3.81.